The SMILES string of the molecule is Cn1nnc(Br)c1-c1nnc(Cl)c2ccccc12. The number of benzene rings is 1. The number of aromatic nitrogens is 5. The first-order valence-electron chi connectivity index (χ1n) is 5.15. The van der Waals surface area contributed by atoms with Crippen LogP contribution in [0.2, 0.25) is 5.15 Å². The van der Waals surface area contributed by atoms with E-state index in [-0.39, 0.29) is 0 Å². The van der Waals surface area contributed by atoms with Crippen LogP contribution in [0.5, 0.6) is 0 Å². The Morgan fingerprint density at radius 1 is 1.11 bits per heavy atom. The Morgan fingerprint density at radius 2 is 1.83 bits per heavy atom. The van der Waals surface area contributed by atoms with E-state index in [1.165, 1.54) is 0 Å². The second kappa shape index (κ2) is 4.29. The van der Waals surface area contributed by atoms with E-state index < -0.39 is 0 Å². The molecule has 3 aromatic rings. The van der Waals surface area contributed by atoms with Crippen LogP contribution in [0.3, 0.4) is 0 Å². The Morgan fingerprint density at radius 3 is 2.50 bits per heavy atom. The van der Waals surface area contributed by atoms with Gasteiger partial charge in [-0.05, 0) is 15.9 Å². The van der Waals surface area contributed by atoms with Gasteiger partial charge in [-0.1, -0.05) is 41.1 Å². The summed E-state index contributed by atoms with van der Waals surface area (Å²) in [6.07, 6.45) is 0. The molecule has 0 aliphatic heterocycles. The molecular formula is C11H7BrClN5. The van der Waals surface area contributed by atoms with Gasteiger partial charge < -0.3 is 0 Å². The minimum atomic E-state index is 0.389. The molecule has 0 amide bonds. The van der Waals surface area contributed by atoms with Gasteiger partial charge in [0.25, 0.3) is 0 Å². The summed E-state index contributed by atoms with van der Waals surface area (Å²) in [6, 6.07) is 7.70. The van der Waals surface area contributed by atoms with Crippen LogP contribution in [-0.2, 0) is 7.05 Å². The topological polar surface area (TPSA) is 56.5 Å². The highest BCUT2D eigenvalue weighted by molar-refractivity contribution is 9.10. The van der Waals surface area contributed by atoms with Gasteiger partial charge in [-0.3, -0.25) is 0 Å². The molecule has 3 rings (SSSR count). The lowest BCUT2D eigenvalue weighted by molar-refractivity contribution is 0.718. The predicted octanol–water partition coefficient (Wildman–Crippen LogP) is 2.84. The molecule has 1 aromatic carbocycles. The second-order valence-corrected chi connectivity index (χ2v) is 4.85. The summed E-state index contributed by atoms with van der Waals surface area (Å²) in [5.74, 6) is 0. The van der Waals surface area contributed by atoms with Crippen LogP contribution in [0.1, 0.15) is 0 Å². The van der Waals surface area contributed by atoms with Crippen molar-refractivity contribution in [1.82, 2.24) is 25.2 Å². The van der Waals surface area contributed by atoms with Gasteiger partial charge in [-0.15, -0.1) is 15.3 Å². The lowest BCUT2D eigenvalue weighted by Gasteiger charge is -2.05. The normalized spacial score (nSPS) is 11.1. The van der Waals surface area contributed by atoms with Gasteiger partial charge >= 0.3 is 0 Å². The lowest BCUT2D eigenvalue weighted by Crippen LogP contribution is -1.98. The van der Waals surface area contributed by atoms with Crippen molar-refractivity contribution in [3.05, 3.63) is 34.0 Å². The third-order valence-electron chi connectivity index (χ3n) is 2.65. The minimum absolute atomic E-state index is 0.389. The third kappa shape index (κ3) is 1.69. The molecule has 5 nitrogen and oxygen atoms in total. The fourth-order valence-corrected chi connectivity index (χ4v) is 2.55. The Kier molecular flexibility index (Phi) is 2.76. The average molecular weight is 325 g/mol. The standard InChI is InChI=1S/C11H7BrClN5/c1-18-9(10(12)15-17-18)8-6-4-2-3-5-7(6)11(13)16-14-8/h2-5H,1H3. The zero-order valence-electron chi connectivity index (χ0n) is 9.30. The molecule has 90 valence electrons. The van der Waals surface area contributed by atoms with Crippen LogP contribution in [0, 0.1) is 0 Å². The zero-order valence-corrected chi connectivity index (χ0v) is 11.6. The zero-order chi connectivity index (χ0) is 12.7. The van der Waals surface area contributed by atoms with Crippen molar-refractivity contribution >= 4 is 38.3 Å². The predicted molar refractivity (Wildman–Crippen MR) is 72.2 cm³/mol. The van der Waals surface area contributed by atoms with Crippen molar-refractivity contribution in [2.24, 2.45) is 7.05 Å². The summed E-state index contributed by atoms with van der Waals surface area (Å²) in [7, 11) is 1.80. The number of hydrogen-bond donors (Lipinski definition) is 0. The Hall–Kier alpha value is -1.53. The number of aryl methyl sites for hydroxylation is 1. The van der Waals surface area contributed by atoms with Gasteiger partial charge in [-0.2, -0.15) is 0 Å². The Balaban J connectivity index is 2.41. The number of halogens is 2. The fourth-order valence-electron chi connectivity index (χ4n) is 1.83. The molecule has 0 radical (unpaired) electrons. The smallest absolute Gasteiger partial charge is 0.159 e. The summed E-state index contributed by atoms with van der Waals surface area (Å²) >= 11 is 9.41. The van der Waals surface area contributed by atoms with Crippen molar-refractivity contribution in [3.63, 3.8) is 0 Å². The third-order valence-corrected chi connectivity index (χ3v) is 3.47. The summed E-state index contributed by atoms with van der Waals surface area (Å²) in [4.78, 5) is 0. The van der Waals surface area contributed by atoms with E-state index >= 15 is 0 Å². The van der Waals surface area contributed by atoms with Gasteiger partial charge in [0.15, 0.2) is 9.76 Å². The van der Waals surface area contributed by atoms with Crippen molar-refractivity contribution in [3.8, 4) is 11.4 Å². The van der Waals surface area contributed by atoms with Crippen LogP contribution >= 0.6 is 27.5 Å². The van der Waals surface area contributed by atoms with Crippen LogP contribution in [0.15, 0.2) is 28.9 Å². The van der Waals surface area contributed by atoms with Crippen LogP contribution < -0.4 is 0 Å². The molecule has 18 heavy (non-hydrogen) atoms. The van der Waals surface area contributed by atoms with Gasteiger partial charge in [-0.25, -0.2) is 4.68 Å². The first kappa shape index (κ1) is 11.6. The van der Waals surface area contributed by atoms with E-state index in [4.69, 9.17) is 11.6 Å². The molecule has 0 spiro atoms. The highest BCUT2D eigenvalue weighted by Crippen LogP contribution is 2.31. The van der Waals surface area contributed by atoms with Crippen LogP contribution in [-0.4, -0.2) is 25.2 Å². The molecule has 0 bridgehead atoms. The van der Waals surface area contributed by atoms with E-state index in [2.05, 4.69) is 36.4 Å². The van der Waals surface area contributed by atoms with Crippen molar-refractivity contribution in [2.75, 3.05) is 0 Å². The average Bonchev–Trinajstić information content (AvgIpc) is 2.71. The van der Waals surface area contributed by atoms with Gasteiger partial charge in [0, 0.05) is 17.8 Å². The molecule has 0 unspecified atom stereocenters. The first-order valence-corrected chi connectivity index (χ1v) is 6.32. The van der Waals surface area contributed by atoms with E-state index in [9.17, 15) is 0 Å². The molecule has 0 N–H and O–H groups in total. The maximum Gasteiger partial charge on any atom is 0.159 e. The van der Waals surface area contributed by atoms with Gasteiger partial charge in [0.05, 0.1) is 0 Å². The van der Waals surface area contributed by atoms with Crippen LogP contribution in [0.25, 0.3) is 22.2 Å². The maximum absolute atomic E-state index is 6.05. The van der Waals surface area contributed by atoms with Crippen molar-refractivity contribution in [2.45, 2.75) is 0 Å². The molecule has 0 atom stereocenters. The van der Waals surface area contributed by atoms with E-state index in [0.717, 1.165) is 16.5 Å². The van der Waals surface area contributed by atoms with Crippen molar-refractivity contribution < 1.29 is 0 Å². The van der Waals surface area contributed by atoms with E-state index in [1.807, 2.05) is 24.3 Å². The molecule has 2 heterocycles. The number of nitrogens with zero attached hydrogens (tertiary/aromatic N) is 5. The van der Waals surface area contributed by atoms with Crippen LogP contribution in [0.4, 0.5) is 0 Å². The Labute approximate surface area is 116 Å². The van der Waals surface area contributed by atoms with Gasteiger partial charge in [0.1, 0.15) is 11.4 Å². The van der Waals surface area contributed by atoms with E-state index in [0.29, 0.717) is 15.5 Å². The van der Waals surface area contributed by atoms with E-state index in [1.54, 1.807) is 11.7 Å². The quantitative estimate of drug-likeness (QED) is 0.690. The fraction of sp³-hybridized carbons (Fsp3) is 0.0909. The van der Waals surface area contributed by atoms with Crippen molar-refractivity contribution in [1.29, 1.82) is 0 Å². The summed E-state index contributed by atoms with van der Waals surface area (Å²) < 4.78 is 2.28. The highest BCUT2D eigenvalue weighted by atomic mass is 79.9. The first-order chi connectivity index (χ1) is 8.68. The molecule has 0 aliphatic rings. The highest BCUT2D eigenvalue weighted by Gasteiger charge is 2.16. The summed E-state index contributed by atoms with van der Waals surface area (Å²) in [5.41, 5.74) is 1.48. The second-order valence-electron chi connectivity index (χ2n) is 3.74. The Bertz CT molecular complexity index is 720. The molecule has 0 fully saturated rings. The number of hydrogen-bond acceptors (Lipinski definition) is 4. The molecule has 0 saturated heterocycles. The number of rotatable bonds is 1. The summed E-state index contributed by atoms with van der Waals surface area (Å²) in [6.45, 7) is 0. The molecular weight excluding hydrogens is 318 g/mol. The molecule has 2 aromatic heterocycles. The maximum atomic E-state index is 6.05. The largest absolute Gasteiger partial charge is 0.245 e. The molecule has 0 aliphatic carbocycles. The summed E-state index contributed by atoms with van der Waals surface area (Å²) in [5, 5.41) is 18.2. The monoisotopic (exact) mass is 323 g/mol. The minimum Gasteiger partial charge on any atom is -0.245 e. The number of fused-ring (bicyclic) bond motifs is 1. The molecule has 7 heteroatoms. The van der Waals surface area contributed by atoms with Gasteiger partial charge in [0.2, 0.25) is 0 Å². The molecule has 0 saturated carbocycles. The lowest BCUT2D eigenvalue weighted by atomic mass is 10.1.